The van der Waals surface area contributed by atoms with Gasteiger partial charge in [-0.05, 0) is 37.3 Å². The fraction of sp³-hybridized carbons (Fsp3) is 0.0455. The van der Waals surface area contributed by atoms with Gasteiger partial charge < -0.3 is 14.3 Å². The molecule has 0 radical (unpaired) electrons. The molecule has 1 N–H and O–H groups in total. The van der Waals surface area contributed by atoms with Crippen molar-refractivity contribution in [1.29, 1.82) is 0 Å². The minimum atomic E-state index is -2.63. The molecule has 8 nitrogen and oxygen atoms in total. The van der Waals surface area contributed by atoms with E-state index in [1.807, 2.05) is 6.92 Å². The molecule has 4 aromatic rings. The number of nitrogens with one attached hydrogen (secondary N) is 1. The smallest absolute Gasteiger partial charge is 0.336 e. The van der Waals surface area contributed by atoms with Crippen molar-refractivity contribution in [2.24, 2.45) is 0 Å². The minimum absolute atomic E-state index is 0.111. The number of carbonyl (C=O) groups excluding carboxylic acids is 1. The van der Waals surface area contributed by atoms with Crippen LogP contribution >= 0.6 is 0 Å². The maximum atomic E-state index is 12.8. The average molecular weight is 434 g/mol. The van der Waals surface area contributed by atoms with Crippen LogP contribution in [0.15, 0.2) is 82.1 Å². The first-order valence-corrected chi connectivity index (χ1v) is 10.2. The third kappa shape index (κ3) is 4.37. The Labute approximate surface area is 179 Å². The summed E-state index contributed by atoms with van der Waals surface area (Å²) in [6.07, 6.45) is 1.39. The van der Waals surface area contributed by atoms with Gasteiger partial charge in [0.05, 0.1) is 22.5 Å². The van der Waals surface area contributed by atoms with Crippen molar-refractivity contribution in [2.45, 2.75) is 6.92 Å². The molecule has 31 heavy (non-hydrogen) atoms. The molecule has 0 saturated heterocycles. The van der Waals surface area contributed by atoms with E-state index in [0.717, 1.165) is 9.87 Å². The van der Waals surface area contributed by atoms with E-state index in [2.05, 4.69) is 10.3 Å². The van der Waals surface area contributed by atoms with Crippen LogP contribution in [0.5, 0.6) is 0 Å². The highest BCUT2D eigenvalue weighted by molar-refractivity contribution is 7.81. The van der Waals surface area contributed by atoms with Crippen molar-refractivity contribution >= 4 is 45.3 Å². The Morgan fingerprint density at radius 3 is 2.61 bits per heavy atom. The van der Waals surface area contributed by atoms with E-state index in [0.29, 0.717) is 16.8 Å². The highest BCUT2D eigenvalue weighted by Crippen LogP contribution is 2.27. The summed E-state index contributed by atoms with van der Waals surface area (Å²) in [7, 11) is 0. The van der Waals surface area contributed by atoms with Crippen LogP contribution in [0.4, 0.5) is 17.2 Å². The first kappa shape index (κ1) is 20.5. The first-order valence-electron chi connectivity index (χ1n) is 9.19. The number of nitrogens with zero attached hydrogens (tertiary/aromatic N) is 2. The minimum Gasteiger partial charge on any atom is -0.755 e. The topological polar surface area (TPSA) is 116 Å². The predicted molar refractivity (Wildman–Crippen MR) is 117 cm³/mol. The molecular weight excluding hydrogens is 418 g/mol. The molecule has 0 saturated carbocycles. The van der Waals surface area contributed by atoms with Crippen LogP contribution in [0.3, 0.4) is 0 Å². The summed E-state index contributed by atoms with van der Waals surface area (Å²) >= 11 is -2.63. The van der Waals surface area contributed by atoms with E-state index in [-0.39, 0.29) is 17.0 Å². The van der Waals surface area contributed by atoms with Gasteiger partial charge in [0, 0.05) is 29.4 Å². The Bertz CT molecular complexity index is 1350. The Hall–Kier alpha value is -3.82. The highest BCUT2D eigenvalue weighted by Gasteiger charge is 2.16. The summed E-state index contributed by atoms with van der Waals surface area (Å²) in [5.74, 6) is -0.401. The molecule has 2 heterocycles. The summed E-state index contributed by atoms with van der Waals surface area (Å²) in [5.41, 5.74) is 1.50. The normalized spacial score (nSPS) is 11.8. The molecule has 2 aromatic carbocycles. The highest BCUT2D eigenvalue weighted by atomic mass is 32.2. The van der Waals surface area contributed by atoms with Crippen molar-refractivity contribution in [1.82, 2.24) is 4.98 Å². The molecule has 0 aliphatic rings. The van der Waals surface area contributed by atoms with E-state index in [1.165, 1.54) is 30.5 Å². The fourth-order valence-corrected chi connectivity index (χ4v) is 3.60. The number of benzene rings is 2. The maximum absolute atomic E-state index is 12.8. The monoisotopic (exact) mass is 434 g/mol. The number of hydrogen-bond donors (Lipinski definition) is 1. The number of aryl methyl sites for hydroxylation is 1. The number of anilines is 3. The first-order chi connectivity index (χ1) is 14.9. The second-order valence-electron chi connectivity index (χ2n) is 6.68. The van der Waals surface area contributed by atoms with Crippen LogP contribution in [0.1, 0.15) is 15.9 Å². The van der Waals surface area contributed by atoms with Gasteiger partial charge in [-0.25, -0.2) is 9.78 Å². The van der Waals surface area contributed by atoms with Gasteiger partial charge in [-0.3, -0.25) is 13.3 Å². The second-order valence-corrected chi connectivity index (χ2v) is 7.48. The van der Waals surface area contributed by atoms with Gasteiger partial charge in [-0.2, -0.15) is 0 Å². The lowest BCUT2D eigenvalue weighted by atomic mass is 10.1. The summed E-state index contributed by atoms with van der Waals surface area (Å²) in [4.78, 5) is 28.5. The lowest BCUT2D eigenvalue weighted by molar-refractivity contribution is 0.102. The second kappa shape index (κ2) is 8.50. The lowest BCUT2D eigenvalue weighted by Gasteiger charge is -2.25. The predicted octanol–water partition coefficient (Wildman–Crippen LogP) is 3.68. The van der Waals surface area contributed by atoms with Crippen molar-refractivity contribution in [3.8, 4) is 0 Å². The molecule has 0 aliphatic carbocycles. The van der Waals surface area contributed by atoms with Crippen LogP contribution in [-0.2, 0) is 11.3 Å². The van der Waals surface area contributed by atoms with Crippen LogP contribution in [0.2, 0.25) is 0 Å². The quantitative estimate of drug-likeness (QED) is 0.378. The van der Waals surface area contributed by atoms with Crippen LogP contribution in [-0.4, -0.2) is 19.7 Å². The molecule has 0 bridgehead atoms. The Morgan fingerprint density at radius 1 is 1.10 bits per heavy atom. The van der Waals surface area contributed by atoms with Crippen LogP contribution in [0.25, 0.3) is 11.0 Å². The van der Waals surface area contributed by atoms with Crippen molar-refractivity contribution in [3.05, 3.63) is 94.5 Å². The summed E-state index contributed by atoms with van der Waals surface area (Å²) in [5, 5.41) is 3.30. The zero-order valence-electron chi connectivity index (χ0n) is 16.3. The van der Waals surface area contributed by atoms with E-state index >= 15 is 0 Å². The van der Waals surface area contributed by atoms with E-state index < -0.39 is 22.8 Å². The number of hydrogen-bond acceptors (Lipinski definition) is 6. The van der Waals surface area contributed by atoms with Gasteiger partial charge in [0.25, 0.3) is 5.91 Å². The average Bonchev–Trinajstić information content (AvgIpc) is 2.75. The van der Waals surface area contributed by atoms with E-state index in [4.69, 9.17) is 4.42 Å². The Kier molecular flexibility index (Phi) is 5.61. The molecule has 4 rings (SSSR count). The molecule has 0 fully saturated rings. The van der Waals surface area contributed by atoms with E-state index in [9.17, 15) is 18.4 Å². The van der Waals surface area contributed by atoms with Gasteiger partial charge in [-0.15, -0.1) is 0 Å². The zero-order chi connectivity index (χ0) is 22.0. The molecule has 1 amide bonds. The Morgan fingerprint density at radius 2 is 1.87 bits per heavy atom. The largest absolute Gasteiger partial charge is 0.755 e. The SMILES string of the molecule is Cc1ccc(N(c2cc(NC(=O)c3cccc4ccc(=O)oc34)ccn2)S(=O)[O-])cc1. The van der Waals surface area contributed by atoms with E-state index in [1.54, 1.807) is 42.5 Å². The molecule has 156 valence electrons. The van der Waals surface area contributed by atoms with Crippen LogP contribution < -0.4 is 15.2 Å². The maximum Gasteiger partial charge on any atom is 0.336 e. The van der Waals surface area contributed by atoms with Crippen LogP contribution in [0, 0.1) is 6.92 Å². The standard InChI is InChI=1S/C22H17N3O5S/c1-14-5-8-17(9-6-14)25(31(28)29)19-13-16(11-12-23-19)24-22(27)18-4-2-3-15-7-10-20(26)30-21(15)18/h2-13H,1H3,(H,28,29)(H,23,24,27)/p-1. The van der Waals surface area contributed by atoms with Crippen molar-refractivity contribution in [2.75, 3.05) is 9.62 Å². The van der Waals surface area contributed by atoms with Crippen molar-refractivity contribution < 1.29 is 18.0 Å². The van der Waals surface area contributed by atoms with Gasteiger partial charge in [0.15, 0.2) is 5.58 Å². The van der Waals surface area contributed by atoms with Gasteiger partial charge in [-0.1, -0.05) is 29.8 Å². The number of para-hydroxylation sites is 1. The summed E-state index contributed by atoms with van der Waals surface area (Å²) in [6, 6.07) is 17.7. The number of aromatic nitrogens is 1. The molecule has 1 unspecified atom stereocenters. The molecule has 2 aromatic heterocycles. The molecule has 0 spiro atoms. The zero-order valence-corrected chi connectivity index (χ0v) is 17.1. The van der Waals surface area contributed by atoms with Gasteiger partial charge >= 0.3 is 5.63 Å². The molecular formula is C22H16N3O5S-. The number of rotatable bonds is 5. The number of carbonyl (C=O) groups is 1. The number of pyridine rings is 1. The fourth-order valence-electron chi connectivity index (χ4n) is 3.05. The lowest BCUT2D eigenvalue weighted by Crippen LogP contribution is -2.21. The van der Waals surface area contributed by atoms with Crippen molar-refractivity contribution in [3.63, 3.8) is 0 Å². The number of amides is 1. The summed E-state index contributed by atoms with van der Waals surface area (Å²) < 4.78 is 30.0. The third-order valence-corrected chi connectivity index (χ3v) is 5.22. The molecule has 0 aliphatic heterocycles. The molecule has 9 heteroatoms. The Balaban J connectivity index is 1.66. The summed E-state index contributed by atoms with van der Waals surface area (Å²) in [6.45, 7) is 1.89. The number of fused-ring (bicyclic) bond motifs is 1. The molecule has 1 atom stereocenters. The van der Waals surface area contributed by atoms with Gasteiger partial charge in [0.2, 0.25) is 0 Å². The van der Waals surface area contributed by atoms with Gasteiger partial charge in [0.1, 0.15) is 5.82 Å². The third-order valence-electron chi connectivity index (χ3n) is 4.52.